The number of imide groups is 1. The van der Waals surface area contributed by atoms with E-state index in [4.69, 9.17) is 0 Å². The van der Waals surface area contributed by atoms with Crippen LogP contribution < -0.4 is 15.5 Å². The van der Waals surface area contributed by atoms with Gasteiger partial charge in [0.2, 0.25) is 0 Å². The number of nitrogens with one attached hydrogen (secondary N) is 3. The molecule has 2 heterocycles. The number of quaternary nitrogens is 1. The van der Waals surface area contributed by atoms with Crippen LogP contribution in [0.25, 0.3) is 0 Å². The van der Waals surface area contributed by atoms with E-state index in [0.717, 1.165) is 13.0 Å². The molecule has 0 bridgehead atoms. The van der Waals surface area contributed by atoms with Crippen molar-refractivity contribution < 1.29 is 14.5 Å². The first-order valence-electron chi connectivity index (χ1n) is 5.41. The van der Waals surface area contributed by atoms with Crippen LogP contribution in [0.2, 0.25) is 0 Å². The second-order valence-corrected chi connectivity index (χ2v) is 4.94. The molecule has 2 fully saturated rings. The first kappa shape index (κ1) is 10.4. The molecule has 2 saturated heterocycles. The second-order valence-electron chi connectivity index (χ2n) is 4.94. The summed E-state index contributed by atoms with van der Waals surface area (Å²) in [7, 11) is 2.13. The monoisotopic (exact) mass is 212 g/mol. The Balaban J connectivity index is 2.27. The molecule has 15 heavy (non-hydrogen) atoms. The van der Waals surface area contributed by atoms with Gasteiger partial charge in [-0.1, -0.05) is 6.92 Å². The van der Waals surface area contributed by atoms with E-state index in [1.54, 1.807) is 0 Å². The molecule has 1 unspecified atom stereocenters. The molecular weight excluding hydrogens is 194 g/mol. The maximum atomic E-state index is 11.8. The first-order valence-corrected chi connectivity index (χ1v) is 5.41. The smallest absolute Gasteiger partial charge is 0.322 e. The fourth-order valence-corrected chi connectivity index (χ4v) is 2.71. The average Bonchev–Trinajstić information content (AvgIpc) is 2.40. The second kappa shape index (κ2) is 3.20. The van der Waals surface area contributed by atoms with E-state index >= 15 is 0 Å². The predicted octanol–water partition coefficient (Wildman–Crippen LogP) is -1.49. The number of likely N-dealkylation sites (tertiary alicyclic amines) is 1. The van der Waals surface area contributed by atoms with E-state index in [9.17, 15) is 9.59 Å². The Labute approximate surface area is 89.2 Å². The molecule has 5 heteroatoms. The minimum Gasteiger partial charge on any atom is -0.335 e. The largest absolute Gasteiger partial charge is 0.335 e. The molecule has 0 radical (unpaired) electrons. The van der Waals surface area contributed by atoms with Gasteiger partial charge in [0.05, 0.1) is 19.6 Å². The van der Waals surface area contributed by atoms with Crippen molar-refractivity contribution in [3.05, 3.63) is 0 Å². The predicted molar refractivity (Wildman–Crippen MR) is 54.4 cm³/mol. The van der Waals surface area contributed by atoms with E-state index in [0.29, 0.717) is 6.04 Å². The van der Waals surface area contributed by atoms with Crippen LogP contribution >= 0.6 is 0 Å². The Morgan fingerprint density at radius 3 is 2.60 bits per heavy atom. The lowest BCUT2D eigenvalue weighted by atomic mass is 9.76. The highest BCUT2D eigenvalue weighted by Gasteiger charge is 2.55. The minimum absolute atomic E-state index is 0.153. The van der Waals surface area contributed by atoms with Crippen molar-refractivity contribution >= 4 is 11.9 Å². The number of piperidine rings is 1. The Hall–Kier alpha value is -1.10. The van der Waals surface area contributed by atoms with Crippen molar-refractivity contribution in [1.29, 1.82) is 0 Å². The number of urea groups is 1. The summed E-state index contributed by atoms with van der Waals surface area (Å²) in [6.45, 7) is 5.05. The first-order chi connectivity index (χ1) is 6.95. The Kier molecular flexibility index (Phi) is 2.22. The van der Waals surface area contributed by atoms with Crippen LogP contribution in [0.3, 0.4) is 0 Å². The summed E-state index contributed by atoms with van der Waals surface area (Å²) in [6, 6.07) is 0.0453. The van der Waals surface area contributed by atoms with Gasteiger partial charge in [-0.3, -0.25) is 10.1 Å². The van der Waals surface area contributed by atoms with Crippen molar-refractivity contribution in [2.24, 2.45) is 5.92 Å². The zero-order valence-corrected chi connectivity index (χ0v) is 9.39. The zero-order chi connectivity index (χ0) is 11.2. The lowest BCUT2D eigenvalue weighted by molar-refractivity contribution is -0.914. The quantitative estimate of drug-likeness (QED) is 0.428. The molecule has 2 aliphatic rings. The summed E-state index contributed by atoms with van der Waals surface area (Å²) in [5, 5.41) is 5.15. The maximum absolute atomic E-state index is 11.8. The van der Waals surface area contributed by atoms with Gasteiger partial charge in [0.1, 0.15) is 5.54 Å². The molecule has 2 rings (SSSR count). The number of amides is 3. The van der Waals surface area contributed by atoms with Crippen LogP contribution in [-0.4, -0.2) is 37.1 Å². The van der Waals surface area contributed by atoms with Gasteiger partial charge in [-0.15, -0.1) is 0 Å². The third kappa shape index (κ3) is 1.42. The van der Waals surface area contributed by atoms with Crippen LogP contribution in [0.5, 0.6) is 0 Å². The van der Waals surface area contributed by atoms with Gasteiger partial charge in [0.15, 0.2) is 0 Å². The number of hydrogen-bond acceptors (Lipinski definition) is 2. The Bertz CT molecular complexity index is 318. The fraction of sp³-hybridized carbons (Fsp3) is 0.800. The summed E-state index contributed by atoms with van der Waals surface area (Å²) < 4.78 is 0. The molecule has 1 spiro atoms. The van der Waals surface area contributed by atoms with Gasteiger partial charge in [-0.2, -0.15) is 0 Å². The molecule has 0 aromatic heterocycles. The van der Waals surface area contributed by atoms with Crippen LogP contribution in [0.4, 0.5) is 4.79 Å². The number of hydrogen-bond donors (Lipinski definition) is 3. The van der Waals surface area contributed by atoms with Gasteiger partial charge >= 0.3 is 6.03 Å². The molecule has 0 aromatic rings. The number of carbonyl (C=O) groups excluding carboxylic acids is 2. The van der Waals surface area contributed by atoms with Crippen LogP contribution in [0.1, 0.15) is 20.3 Å². The van der Waals surface area contributed by atoms with Crippen molar-refractivity contribution in [3.63, 3.8) is 0 Å². The van der Waals surface area contributed by atoms with Gasteiger partial charge in [-0.25, -0.2) is 4.79 Å². The summed E-state index contributed by atoms with van der Waals surface area (Å²) in [6.07, 6.45) is 0.720. The molecule has 3 N–H and O–H groups in total. The molecule has 84 valence electrons. The summed E-state index contributed by atoms with van der Waals surface area (Å²) >= 11 is 0. The number of carbonyl (C=O) groups is 2. The molecule has 2 aliphatic heterocycles. The van der Waals surface area contributed by atoms with E-state index in [-0.39, 0.29) is 17.9 Å². The number of rotatable bonds is 0. The van der Waals surface area contributed by atoms with Crippen molar-refractivity contribution in [2.75, 3.05) is 13.6 Å². The summed E-state index contributed by atoms with van der Waals surface area (Å²) in [5.74, 6) is 0.0273. The zero-order valence-electron chi connectivity index (χ0n) is 9.39. The van der Waals surface area contributed by atoms with Gasteiger partial charge in [0, 0.05) is 12.3 Å². The average molecular weight is 212 g/mol. The topological polar surface area (TPSA) is 62.6 Å². The van der Waals surface area contributed by atoms with E-state index in [2.05, 4.69) is 24.6 Å². The summed E-state index contributed by atoms with van der Waals surface area (Å²) in [4.78, 5) is 24.4. The van der Waals surface area contributed by atoms with Crippen LogP contribution in [0.15, 0.2) is 0 Å². The third-order valence-electron chi connectivity index (χ3n) is 3.91. The van der Waals surface area contributed by atoms with E-state index in [1.807, 2.05) is 6.92 Å². The highest BCUT2D eigenvalue weighted by atomic mass is 16.2. The standard InChI is InChI=1S/C10H17N3O2/c1-6-5-13(3)7(2)4-10(6)8(14)11-9(15)12-10/h6-7H,4-5H2,1-3H3,(H2,11,12,14,15)/p+1/t6-,7+,10-/m1/s1. The molecule has 0 aliphatic carbocycles. The van der Waals surface area contributed by atoms with E-state index in [1.165, 1.54) is 4.90 Å². The van der Waals surface area contributed by atoms with Crippen LogP contribution in [-0.2, 0) is 4.79 Å². The summed E-state index contributed by atoms with van der Waals surface area (Å²) in [5.41, 5.74) is -0.657. The van der Waals surface area contributed by atoms with Gasteiger partial charge in [0.25, 0.3) is 5.91 Å². The molecule has 5 nitrogen and oxygen atoms in total. The van der Waals surface area contributed by atoms with Crippen molar-refractivity contribution in [3.8, 4) is 0 Å². The molecule has 0 aromatic carbocycles. The van der Waals surface area contributed by atoms with Crippen LogP contribution in [0, 0.1) is 5.92 Å². The molecule has 4 atom stereocenters. The van der Waals surface area contributed by atoms with Crippen molar-refractivity contribution in [2.45, 2.75) is 31.8 Å². The van der Waals surface area contributed by atoms with Crippen molar-refractivity contribution in [1.82, 2.24) is 10.6 Å². The lowest BCUT2D eigenvalue weighted by Gasteiger charge is -2.42. The lowest BCUT2D eigenvalue weighted by Crippen LogP contribution is -3.15. The molecule has 3 amide bonds. The third-order valence-corrected chi connectivity index (χ3v) is 3.91. The van der Waals surface area contributed by atoms with Gasteiger partial charge in [-0.05, 0) is 6.92 Å². The SMILES string of the molecule is C[C@@H]1C[NH+](C)[C@@H](C)C[C@@]12NC(=O)NC2=O. The maximum Gasteiger partial charge on any atom is 0.322 e. The fourth-order valence-electron chi connectivity index (χ4n) is 2.71. The molecular formula is C10H18N3O2+. The molecule has 0 saturated carbocycles. The van der Waals surface area contributed by atoms with E-state index < -0.39 is 5.54 Å². The van der Waals surface area contributed by atoms with Gasteiger partial charge < -0.3 is 10.2 Å². The Morgan fingerprint density at radius 2 is 2.07 bits per heavy atom. The highest BCUT2D eigenvalue weighted by molar-refractivity contribution is 6.07. The minimum atomic E-state index is -0.657. The Morgan fingerprint density at radius 1 is 1.40 bits per heavy atom. The normalized spacial score (nSPS) is 45.4. The highest BCUT2D eigenvalue weighted by Crippen LogP contribution is 2.27.